The summed E-state index contributed by atoms with van der Waals surface area (Å²) in [5, 5.41) is 0. The van der Waals surface area contributed by atoms with E-state index < -0.39 is 20.0 Å². The fourth-order valence-electron chi connectivity index (χ4n) is 1.06. The van der Waals surface area contributed by atoms with Crippen molar-refractivity contribution in [3.05, 3.63) is 22.8 Å². The molecule has 0 fully saturated rings. The molecule has 6 nitrogen and oxygen atoms in total. The van der Waals surface area contributed by atoms with Crippen molar-refractivity contribution in [3.8, 4) is 0 Å². The van der Waals surface area contributed by atoms with Crippen LogP contribution in [-0.4, -0.2) is 34.3 Å². The molecule has 0 saturated heterocycles. The third-order valence-electron chi connectivity index (χ3n) is 1.50. The zero-order valence-electron chi connectivity index (χ0n) is 8.45. The third kappa shape index (κ3) is 3.16. The molecule has 0 spiro atoms. The highest BCUT2D eigenvalue weighted by molar-refractivity contribution is 9.10. The van der Waals surface area contributed by atoms with E-state index in [0.717, 1.165) is 12.5 Å². The summed E-state index contributed by atoms with van der Waals surface area (Å²) < 4.78 is 46.3. The van der Waals surface area contributed by atoms with Gasteiger partial charge < -0.3 is 0 Å². The molecule has 0 unspecified atom stereocenters. The van der Waals surface area contributed by atoms with E-state index in [2.05, 4.69) is 20.9 Å². The molecular weight excluding hydrogens is 320 g/mol. The zero-order valence-corrected chi connectivity index (χ0v) is 11.7. The quantitative estimate of drug-likeness (QED) is 0.809. The van der Waals surface area contributed by atoms with Crippen LogP contribution in [0.1, 0.15) is 0 Å². The first kappa shape index (κ1) is 13.4. The van der Waals surface area contributed by atoms with Crippen molar-refractivity contribution in [3.63, 3.8) is 0 Å². The van der Waals surface area contributed by atoms with Crippen LogP contribution >= 0.6 is 15.9 Å². The van der Waals surface area contributed by atoms with Crippen LogP contribution in [0, 0.1) is 0 Å². The monoisotopic (exact) mass is 328 g/mol. The van der Waals surface area contributed by atoms with Crippen molar-refractivity contribution in [1.29, 1.82) is 0 Å². The highest BCUT2D eigenvalue weighted by atomic mass is 79.9. The normalized spacial score (nSPS) is 12.4. The molecule has 1 heterocycles. The van der Waals surface area contributed by atoms with E-state index >= 15 is 0 Å². The summed E-state index contributed by atoms with van der Waals surface area (Å²) in [6.45, 7) is 0. The van der Waals surface area contributed by atoms with E-state index in [0.29, 0.717) is 4.47 Å². The number of rotatable bonds is 3. The van der Waals surface area contributed by atoms with Gasteiger partial charge in [0.1, 0.15) is 0 Å². The van der Waals surface area contributed by atoms with Gasteiger partial charge in [0.2, 0.25) is 20.0 Å². The van der Waals surface area contributed by atoms with Crippen LogP contribution in [0.5, 0.6) is 0 Å². The van der Waals surface area contributed by atoms with E-state index in [1.807, 2.05) is 0 Å². The molecule has 16 heavy (non-hydrogen) atoms. The lowest BCUT2D eigenvalue weighted by molar-refractivity contribution is 0.590. The fraction of sp³-hybridized carbons (Fsp3) is 0.286. The molecule has 0 aromatic carbocycles. The standard InChI is InChI=1S/C7H9BrN2O4S2/c1-15(11,12)10(16(2,13)14)7-4-3-6(8)5-9-7/h3-5H,1-2H3. The number of hydrogen-bond donors (Lipinski definition) is 0. The summed E-state index contributed by atoms with van der Waals surface area (Å²) in [6.07, 6.45) is 2.92. The second kappa shape index (κ2) is 4.30. The van der Waals surface area contributed by atoms with Crippen molar-refractivity contribution in [1.82, 2.24) is 4.98 Å². The largest absolute Gasteiger partial charge is 0.246 e. The zero-order chi connectivity index (χ0) is 12.6. The van der Waals surface area contributed by atoms with Crippen LogP contribution in [0.4, 0.5) is 5.82 Å². The van der Waals surface area contributed by atoms with Crippen molar-refractivity contribution in [2.24, 2.45) is 0 Å². The van der Waals surface area contributed by atoms with Gasteiger partial charge >= 0.3 is 0 Å². The highest BCUT2D eigenvalue weighted by Crippen LogP contribution is 2.19. The second-order valence-corrected chi connectivity index (χ2v) is 7.87. The lowest BCUT2D eigenvalue weighted by Crippen LogP contribution is -2.35. The predicted molar refractivity (Wildman–Crippen MR) is 64.1 cm³/mol. The Kier molecular flexibility index (Phi) is 3.60. The van der Waals surface area contributed by atoms with Gasteiger partial charge in [-0.25, -0.2) is 21.8 Å². The molecule has 0 saturated carbocycles. The minimum atomic E-state index is -3.92. The second-order valence-electron chi connectivity index (χ2n) is 3.06. The Morgan fingerprint density at radius 2 is 1.62 bits per heavy atom. The summed E-state index contributed by atoms with van der Waals surface area (Å²) in [7, 11) is -7.84. The van der Waals surface area contributed by atoms with E-state index in [9.17, 15) is 16.8 Å². The maximum Gasteiger partial charge on any atom is 0.246 e. The summed E-state index contributed by atoms with van der Waals surface area (Å²) >= 11 is 3.12. The average molecular weight is 329 g/mol. The molecular formula is C7H9BrN2O4S2. The summed E-state index contributed by atoms with van der Waals surface area (Å²) in [6, 6.07) is 2.80. The topological polar surface area (TPSA) is 84.4 Å². The van der Waals surface area contributed by atoms with Gasteiger partial charge in [0.25, 0.3) is 0 Å². The van der Waals surface area contributed by atoms with Crippen LogP contribution in [0.15, 0.2) is 22.8 Å². The lowest BCUT2D eigenvalue weighted by Gasteiger charge is -2.18. The van der Waals surface area contributed by atoms with Crippen molar-refractivity contribution < 1.29 is 16.8 Å². The lowest BCUT2D eigenvalue weighted by atomic mass is 10.5. The van der Waals surface area contributed by atoms with E-state index in [1.54, 1.807) is 0 Å². The molecule has 0 aliphatic carbocycles. The molecule has 1 rings (SSSR count). The molecule has 0 bridgehead atoms. The maximum atomic E-state index is 11.4. The molecule has 1 aromatic rings. The predicted octanol–water partition coefficient (Wildman–Crippen LogP) is 0.570. The van der Waals surface area contributed by atoms with Gasteiger partial charge in [0.05, 0.1) is 12.5 Å². The Hall–Kier alpha value is -0.670. The van der Waals surface area contributed by atoms with Crippen molar-refractivity contribution >= 4 is 41.8 Å². The number of sulfonamides is 2. The van der Waals surface area contributed by atoms with Gasteiger partial charge in [-0.1, -0.05) is 0 Å². The Balaban J connectivity index is 3.41. The van der Waals surface area contributed by atoms with Gasteiger partial charge in [0.15, 0.2) is 5.82 Å². The van der Waals surface area contributed by atoms with E-state index in [4.69, 9.17) is 0 Å². The van der Waals surface area contributed by atoms with Crippen LogP contribution in [0.25, 0.3) is 0 Å². The minimum absolute atomic E-state index is 0.159. The summed E-state index contributed by atoms with van der Waals surface area (Å²) in [5.74, 6) is -0.159. The van der Waals surface area contributed by atoms with Crippen LogP contribution in [-0.2, 0) is 20.0 Å². The Bertz CT molecular complexity index is 547. The first-order valence-corrected chi connectivity index (χ1v) is 8.43. The molecule has 0 aliphatic heterocycles. The van der Waals surface area contributed by atoms with Gasteiger partial charge in [0, 0.05) is 10.7 Å². The first-order valence-electron chi connectivity index (χ1n) is 3.94. The van der Waals surface area contributed by atoms with Gasteiger partial charge in [-0.3, -0.25) is 0 Å². The number of pyridine rings is 1. The number of hydrogen-bond acceptors (Lipinski definition) is 5. The number of aromatic nitrogens is 1. The van der Waals surface area contributed by atoms with Crippen LogP contribution < -0.4 is 3.71 Å². The maximum absolute atomic E-state index is 11.4. The summed E-state index contributed by atoms with van der Waals surface area (Å²) in [4.78, 5) is 3.73. The molecule has 0 radical (unpaired) electrons. The Labute approximate surface area is 103 Å². The van der Waals surface area contributed by atoms with Crippen molar-refractivity contribution in [2.75, 3.05) is 16.2 Å². The molecule has 1 aromatic heterocycles. The smallest absolute Gasteiger partial charge is 0.236 e. The molecule has 0 N–H and O–H groups in total. The Morgan fingerprint density at radius 3 is 1.94 bits per heavy atom. The first-order chi connectivity index (χ1) is 7.12. The van der Waals surface area contributed by atoms with Crippen LogP contribution in [0.3, 0.4) is 0 Å². The molecule has 90 valence electrons. The number of nitrogens with zero attached hydrogens (tertiary/aromatic N) is 2. The highest BCUT2D eigenvalue weighted by Gasteiger charge is 2.28. The van der Waals surface area contributed by atoms with Gasteiger partial charge in [-0.2, -0.15) is 0 Å². The molecule has 0 amide bonds. The van der Waals surface area contributed by atoms with E-state index in [-0.39, 0.29) is 9.53 Å². The SMILES string of the molecule is CS(=O)(=O)N(c1ccc(Br)cn1)S(C)(=O)=O. The third-order valence-corrected chi connectivity index (χ3v) is 5.17. The average Bonchev–Trinajstić information content (AvgIpc) is 2.03. The van der Waals surface area contributed by atoms with Gasteiger partial charge in [-0.05, 0) is 28.1 Å². The number of halogens is 1. The molecule has 9 heteroatoms. The fourth-order valence-corrected chi connectivity index (χ4v) is 4.16. The molecule has 0 aliphatic rings. The summed E-state index contributed by atoms with van der Waals surface area (Å²) in [5.41, 5.74) is 0. The van der Waals surface area contributed by atoms with E-state index in [1.165, 1.54) is 18.3 Å². The molecule has 0 atom stereocenters. The Morgan fingerprint density at radius 1 is 1.12 bits per heavy atom. The van der Waals surface area contributed by atoms with Crippen molar-refractivity contribution in [2.45, 2.75) is 0 Å². The minimum Gasteiger partial charge on any atom is -0.236 e. The van der Waals surface area contributed by atoms with Gasteiger partial charge in [-0.15, -0.1) is 3.71 Å². The number of anilines is 1. The van der Waals surface area contributed by atoms with Crippen LogP contribution in [0.2, 0.25) is 0 Å².